The molecule has 0 heterocycles. The van der Waals surface area contributed by atoms with Crippen LogP contribution in [0.1, 0.15) is 26.2 Å². The van der Waals surface area contributed by atoms with Crippen molar-refractivity contribution in [3.63, 3.8) is 0 Å². The molecule has 0 spiro atoms. The number of hydrogen-bond acceptors (Lipinski definition) is 0. The van der Waals surface area contributed by atoms with Gasteiger partial charge in [0.2, 0.25) is 0 Å². The maximum Gasteiger partial charge on any atom is 0.0209 e. The van der Waals surface area contributed by atoms with Gasteiger partial charge in [0.1, 0.15) is 0 Å². The summed E-state index contributed by atoms with van der Waals surface area (Å²) in [5, 5.41) is 0.896. The molecule has 0 saturated carbocycles. The maximum absolute atomic E-state index is 3.60. The third-order valence-corrected chi connectivity index (χ3v) is 1.51. The summed E-state index contributed by atoms with van der Waals surface area (Å²) >= 11 is 3.13. The third kappa shape index (κ3) is 29.4. The van der Waals surface area contributed by atoms with Gasteiger partial charge < -0.3 is 6.92 Å². The van der Waals surface area contributed by atoms with Crippen molar-refractivity contribution >= 4 is 15.9 Å². The van der Waals surface area contributed by atoms with E-state index in [0.29, 0.717) is 0 Å². The summed E-state index contributed by atoms with van der Waals surface area (Å²) in [6.07, 6.45) is 14.1. The minimum absolute atomic E-state index is 0. The van der Waals surface area contributed by atoms with Gasteiger partial charge >= 0.3 is 0 Å². The van der Waals surface area contributed by atoms with E-state index >= 15 is 0 Å². The van der Waals surface area contributed by atoms with Crippen molar-refractivity contribution in [1.82, 2.24) is 0 Å². The van der Waals surface area contributed by atoms with Crippen LogP contribution in [-0.2, 0) is 25.8 Å². The quantitative estimate of drug-likeness (QED) is 0.267. The number of allylic oxidation sites excluding steroid dienone is 5. The monoisotopic (exact) mass is 422 g/mol. The van der Waals surface area contributed by atoms with Crippen molar-refractivity contribution in [3.05, 3.63) is 43.9 Å². The first kappa shape index (κ1) is 20.0. The summed E-state index contributed by atoms with van der Waals surface area (Å²) in [5.41, 5.74) is 0. The van der Waals surface area contributed by atoms with Crippen molar-refractivity contribution in [2.24, 2.45) is 0 Å². The molecule has 0 aromatic heterocycles. The Hall–Kier alpha value is 0.570. The van der Waals surface area contributed by atoms with Gasteiger partial charge in [-0.15, -0.1) is 13.0 Å². The van der Waals surface area contributed by atoms with Gasteiger partial charge in [-0.3, -0.25) is 6.08 Å². The van der Waals surface area contributed by atoms with Crippen LogP contribution in [0.25, 0.3) is 0 Å². The SMILES string of the molecule is C=CCBr.[C-]1=CC=CC1.[CH2-]CCC.[Hf]. The second-order valence-electron chi connectivity index (χ2n) is 2.30. The van der Waals surface area contributed by atoms with E-state index < -0.39 is 0 Å². The topological polar surface area (TPSA) is 0 Å². The molecule has 2 heteroatoms. The Morgan fingerprint density at radius 1 is 1.64 bits per heavy atom. The van der Waals surface area contributed by atoms with E-state index in [1.165, 1.54) is 6.42 Å². The Bertz CT molecular complexity index is 127. The Kier molecular flexibility index (Phi) is 33.5. The predicted molar refractivity (Wildman–Crippen MR) is 65.8 cm³/mol. The van der Waals surface area contributed by atoms with Gasteiger partial charge in [0.15, 0.2) is 0 Å². The zero-order chi connectivity index (χ0) is 10.4. The van der Waals surface area contributed by atoms with Crippen LogP contribution < -0.4 is 0 Å². The first-order valence-corrected chi connectivity index (χ1v) is 5.63. The zero-order valence-electron chi connectivity index (χ0n) is 8.93. The summed E-state index contributed by atoms with van der Waals surface area (Å²) in [6, 6.07) is 0. The third-order valence-electron chi connectivity index (χ3n) is 1.05. The zero-order valence-corrected chi connectivity index (χ0v) is 14.1. The van der Waals surface area contributed by atoms with Crippen molar-refractivity contribution in [1.29, 1.82) is 0 Å². The maximum atomic E-state index is 3.60. The van der Waals surface area contributed by atoms with Crippen molar-refractivity contribution in [3.8, 4) is 0 Å². The summed E-state index contributed by atoms with van der Waals surface area (Å²) in [7, 11) is 0. The Morgan fingerprint density at radius 2 is 2.14 bits per heavy atom. The largest absolute Gasteiger partial charge is 0.343 e. The molecule has 0 aromatic rings. The van der Waals surface area contributed by atoms with E-state index in [4.69, 9.17) is 0 Å². The van der Waals surface area contributed by atoms with Crippen LogP contribution in [0.4, 0.5) is 0 Å². The van der Waals surface area contributed by atoms with Crippen LogP contribution in [0, 0.1) is 13.0 Å². The molecule has 0 saturated heterocycles. The second-order valence-corrected chi connectivity index (χ2v) is 2.95. The van der Waals surface area contributed by atoms with E-state index in [0.717, 1.165) is 18.2 Å². The number of hydrogen-bond donors (Lipinski definition) is 0. The molecular formula is C12H19BrHf-2. The van der Waals surface area contributed by atoms with Crippen LogP contribution in [-0.4, -0.2) is 5.33 Å². The van der Waals surface area contributed by atoms with E-state index in [-0.39, 0.29) is 25.8 Å². The molecule has 0 amide bonds. The van der Waals surface area contributed by atoms with Gasteiger partial charge in [-0.2, -0.15) is 12.5 Å². The van der Waals surface area contributed by atoms with Crippen LogP contribution >= 0.6 is 15.9 Å². The first-order valence-electron chi connectivity index (χ1n) is 4.51. The van der Waals surface area contributed by atoms with Gasteiger partial charge in [-0.05, 0) is 0 Å². The molecule has 1 aliphatic rings. The fourth-order valence-corrected chi connectivity index (χ4v) is 0.340. The van der Waals surface area contributed by atoms with Crippen molar-refractivity contribution < 1.29 is 25.8 Å². The summed E-state index contributed by atoms with van der Waals surface area (Å²) < 4.78 is 0. The minimum Gasteiger partial charge on any atom is -0.343 e. The molecule has 0 aromatic carbocycles. The molecule has 0 fully saturated rings. The smallest absolute Gasteiger partial charge is 0.0209 e. The van der Waals surface area contributed by atoms with Gasteiger partial charge in [0.25, 0.3) is 0 Å². The molecule has 0 atom stereocenters. The van der Waals surface area contributed by atoms with E-state index in [2.05, 4.69) is 48.5 Å². The molecule has 1 aliphatic carbocycles. The van der Waals surface area contributed by atoms with Gasteiger partial charge in [0.05, 0.1) is 0 Å². The van der Waals surface area contributed by atoms with Crippen molar-refractivity contribution in [2.75, 3.05) is 5.33 Å². The van der Waals surface area contributed by atoms with Gasteiger partial charge in [-0.25, -0.2) is 12.2 Å². The number of unbranched alkanes of at least 4 members (excludes halogenated alkanes) is 1. The molecule has 0 nitrogen and oxygen atoms in total. The normalized spacial score (nSPS) is 10.2. The molecule has 0 unspecified atom stereocenters. The van der Waals surface area contributed by atoms with E-state index in [9.17, 15) is 0 Å². The minimum atomic E-state index is 0. The Morgan fingerprint density at radius 3 is 2.21 bits per heavy atom. The van der Waals surface area contributed by atoms with Crippen LogP contribution in [0.5, 0.6) is 0 Å². The van der Waals surface area contributed by atoms with E-state index in [1.807, 2.05) is 12.2 Å². The predicted octanol–water partition coefficient (Wildman–Crippen LogP) is 4.49. The average Bonchev–Trinajstić information content (AvgIpc) is 2.76. The number of alkyl halides is 1. The van der Waals surface area contributed by atoms with Crippen LogP contribution in [0.3, 0.4) is 0 Å². The number of halogens is 1. The molecule has 80 valence electrons. The summed E-state index contributed by atoms with van der Waals surface area (Å²) in [4.78, 5) is 0. The number of rotatable bonds is 2. The standard InChI is InChI=1S/C5H5.C4H9.C3H5Br.Hf/c1-2-4-5-3-1;1-3-4-2;1-2-3-4;/h1-3H,4H2;1,3-4H2,2H3;2H,1,3H2;/q2*-1;;. The Labute approximate surface area is 116 Å². The van der Waals surface area contributed by atoms with E-state index in [1.54, 1.807) is 6.08 Å². The van der Waals surface area contributed by atoms with Gasteiger partial charge in [-0.1, -0.05) is 35.4 Å². The fourth-order valence-electron chi connectivity index (χ4n) is 0.340. The fraction of sp³-hybridized carbons (Fsp3) is 0.417. The van der Waals surface area contributed by atoms with Crippen LogP contribution in [0.15, 0.2) is 30.9 Å². The molecule has 1 rings (SSSR count). The molecule has 0 radical (unpaired) electrons. The summed E-state index contributed by atoms with van der Waals surface area (Å²) in [6.45, 7) is 9.15. The van der Waals surface area contributed by atoms with Crippen molar-refractivity contribution in [2.45, 2.75) is 26.2 Å². The average molecular weight is 422 g/mol. The van der Waals surface area contributed by atoms with Crippen LogP contribution in [0.2, 0.25) is 0 Å². The molecule has 0 aliphatic heterocycles. The Balaban J connectivity index is -0.000000127. The van der Waals surface area contributed by atoms with Gasteiger partial charge in [0, 0.05) is 31.2 Å². The second kappa shape index (κ2) is 23.4. The molecular weight excluding hydrogens is 403 g/mol. The molecule has 14 heavy (non-hydrogen) atoms. The molecule has 0 bridgehead atoms. The first-order chi connectivity index (χ1) is 6.33. The molecule has 0 N–H and O–H groups in total. The summed E-state index contributed by atoms with van der Waals surface area (Å²) in [5.74, 6) is 0.